The van der Waals surface area contributed by atoms with Gasteiger partial charge in [0.2, 0.25) is 5.91 Å². The second-order valence-electron chi connectivity index (χ2n) is 7.76. The molecular formula is C19H31ClN2O2. The molecular weight excluding hydrogens is 324 g/mol. The number of nitrogens with one attached hydrogen (secondary N) is 1. The minimum absolute atomic E-state index is 0. The zero-order chi connectivity index (χ0) is 17.0. The minimum atomic E-state index is -0.676. The number of amides is 1. The zero-order valence-electron chi connectivity index (χ0n) is 14.9. The molecule has 2 rings (SSSR count). The molecule has 0 radical (unpaired) electrons. The van der Waals surface area contributed by atoms with E-state index in [1.165, 1.54) is 5.56 Å². The topological polar surface area (TPSA) is 75.3 Å². The van der Waals surface area contributed by atoms with Gasteiger partial charge >= 0.3 is 0 Å². The van der Waals surface area contributed by atoms with Gasteiger partial charge in [-0.3, -0.25) is 4.79 Å². The van der Waals surface area contributed by atoms with E-state index in [2.05, 4.69) is 26.1 Å². The third-order valence-electron chi connectivity index (χ3n) is 4.72. The summed E-state index contributed by atoms with van der Waals surface area (Å²) >= 11 is 0. The zero-order valence-corrected chi connectivity index (χ0v) is 15.7. The molecule has 136 valence electrons. The summed E-state index contributed by atoms with van der Waals surface area (Å²) in [5.74, 6) is 0.0136. The van der Waals surface area contributed by atoms with E-state index in [0.717, 1.165) is 31.2 Å². The van der Waals surface area contributed by atoms with E-state index in [0.29, 0.717) is 0 Å². The van der Waals surface area contributed by atoms with Crippen molar-refractivity contribution in [2.24, 2.45) is 11.7 Å². The van der Waals surface area contributed by atoms with Crippen LogP contribution in [0.15, 0.2) is 24.3 Å². The lowest BCUT2D eigenvalue weighted by Crippen LogP contribution is -2.39. The van der Waals surface area contributed by atoms with Crippen molar-refractivity contribution in [1.82, 2.24) is 5.32 Å². The van der Waals surface area contributed by atoms with Crippen molar-refractivity contribution in [2.75, 3.05) is 6.54 Å². The van der Waals surface area contributed by atoms with E-state index in [1.807, 2.05) is 24.3 Å². The van der Waals surface area contributed by atoms with Gasteiger partial charge in [0.1, 0.15) is 0 Å². The van der Waals surface area contributed by atoms with Gasteiger partial charge in [-0.15, -0.1) is 12.4 Å². The maximum absolute atomic E-state index is 12.2. The number of nitrogens with two attached hydrogens (primary N) is 1. The fraction of sp³-hybridized carbons (Fsp3) is 0.632. The molecule has 3 atom stereocenters. The SMILES string of the molecule is CC(C)(C)c1ccc(C(O)CNC(=O)C2CCCC(N)C2)cc1.Cl. The number of hydrogen-bond acceptors (Lipinski definition) is 3. The van der Waals surface area contributed by atoms with Crippen molar-refractivity contribution in [1.29, 1.82) is 0 Å². The molecule has 3 unspecified atom stereocenters. The highest BCUT2D eigenvalue weighted by molar-refractivity contribution is 5.85. The predicted octanol–water partition coefficient (Wildman–Crippen LogP) is 3.07. The van der Waals surface area contributed by atoms with Crippen molar-refractivity contribution in [3.63, 3.8) is 0 Å². The van der Waals surface area contributed by atoms with Crippen LogP contribution in [0.4, 0.5) is 0 Å². The first-order valence-corrected chi connectivity index (χ1v) is 8.59. The second kappa shape index (κ2) is 8.84. The van der Waals surface area contributed by atoms with E-state index in [9.17, 15) is 9.90 Å². The average molecular weight is 355 g/mol. The molecule has 1 fully saturated rings. The van der Waals surface area contributed by atoms with E-state index >= 15 is 0 Å². The predicted molar refractivity (Wildman–Crippen MR) is 100 cm³/mol. The first-order valence-electron chi connectivity index (χ1n) is 8.59. The van der Waals surface area contributed by atoms with Gasteiger partial charge in [0.05, 0.1) is 6.10 Å². The summed E-state index contributed by atoms with van der Waals surface area (Å²) in [7, 11) is 0. The Bertz CT molecular complexity index is 525. The Kier molecular flexibility index (Phi) is 7.71. The lowest BCUT2D eigenvalue weighted by atomic mass is 9.85. The highest BCUT2D eigenvalue weighted by Gasteiger charge is 2.25. The Morgan fingerprint density at radius 2 is 1.92 bits per heavy atom. The molecule has 24 heavy (non-hydrogen) atoms. The van der Waals surface area contributed by atoms with E-state index in [4.69, 9.17) is 5.73 Å². The number of benzene rings is 1. The van der Waals surface area contributed by atoms with Gasteiger partial charge in [-0.1, -0.05) is 51.5 Å². The van der Waals surface area contributed by atoms with Crippen LogP contribution in [0.5, 0.6) is 0 Å². The molecule has 5 heteroatoms. The van der Waals surface area contributed by atoms with Crippen LogP contribution in [0.2, 0.25) is 0 Å². The van der Waals surface area contributed by atoms with Crippen LogP contribution in [0.25, 0.3) is 0 Å². The fourth-order valence-electron chi connectivity index (χ4n) is 3.13. The first-order chi connectivity index (χ1) is 10.8. The van der Waals surface area contributed by atoms with Crippen LogP contribution in [0, 0.1) is 5.92 Å². The molecule has 1 aliphatic carbocycles. The molecule has 1 amide bonds. The smallest absolute Gasteiger partial charge is 0.223 e. The van der Waals surface area contributed by atoms with Crippen LogP contribution in [0.1, 0.15) is 63.7 Å². The lowest BCUT2D eigenvalue weighted by Gasteiger charge is -2.26. The molecule has 0 saturated heterocycles. The molecule has 4 N–H and O–H groups in total. The molecule has 1 saturated carbocycles. The Morgan fingerprint density at radius 1 is 1.29 bits per heavy atom. The number of aliphatic hydroxyl groups excluding tert-OH is 1. The molecule has 0 bridgehead atoms. The highest BCUT2D eigenvalue weighted by atomic mass is 35.5. The quantitative estimate of drug-likeness (QED) is 0.777. The fourth-order valence-corrected chi connectivity index (χ4v) is 3.13. The van der Waals surface area contributed by atoms with Crippen molar-refractivity contribution in [3.8, 4) is 0 Å². The van der Waals surface area contributed by atoms with E-state index in [-0.39, 0.29) is 42.2 Å². The third-order valence-corrected chi connectivity index (χ3v) is 4.72. The molecule has 4 nitrogen and oxygen atoms in total. The molecule has 0 heterocycles. The second-order valence-corrected chi connectivity index (χ2v) is 7.76. The Labute approximate surface area is 151 Å². The van der Waals surface area contributed by atoms with Gasteiger partial charge in [-0.25, -0.2) is 0 Å². The molecule has 0 aliphatic heterocycles. The highest BCUT2D eigenvalue weighted by Crippen LogP contribution is 2.25. The molecule has 1 aromatic carbocycles. The number of carbonyl (C=O) groups excluding carboxylic acids is 1. The van der Waals surface area contributed by atoms with E-state index < -0.39 is 6.10 Å². The monoisotopic (exact) mass is 354 g/mol. The van der Waals surface area contributed by atoms with Crippen LogP contribution < -0.4 is 11.1 Å². The van der Waals surface area contributed by atoms with Crippen molar-refractivity contribution in [2.45, 2.75) is 64.0 Å². The Balaban J connectivity index is 0.00000288. The van der Waals surface area contributed by atoms with E-state index in [1.54, 1.807) is 0 Å². The lowest BCUT2D eigenvalue weighted by molar-refractivity contribution is -0.126. The van der Waals surface area contributed by atoms with Crippen LogP contribution in [-0.2, 0) is 10.2 Å². The van der Waals surface area contributed by atoms with Crippen molar-refractivity contribution < 1.29 is 9.90 Å². The molecule has 1 aromatic rings. The summed E-state index contributed by atoms with van der Waals surface area (Å²) in [6.45, 7) is 6.73. The van der Waals surface area contributed by atoms with Crippen LogP contribution in [-0.4, -0.2) is 23.6 Å². The Hall–Kier alpha value is -1.10. The van der Waals surface area contributed by atoms with Crippen molar-refractivity contribution in [3.05, 3.63) is 35.4 Å². The molecule has 0 spiro atoms. The average Bonchev–Trinajstić information content (AvgIpc) is 2.51. The summed E-state index contributed by atoms with van der Waals surface area (Å²) in [5, 5.41) is 13.1. The van der Waals surface area contributed by atoms with Gasteiger partial charge in [0.25, 0.3) is 0 Å². The van der Waals surface area contributed by atoms with Gasteiger partial charge < -0.3 is 16.2 Å². The largest absolute Gasteiger partial charge is 0.387 e. The summed E-state index contributed by atoms with van der Waals surface area (Å²) < 4.78 is 0. The van der Waals surface area contributed by atoms with Gasteiger partial charge in [-0.2, -0.15) is 0 Å². The maximum atomic E-state index is 12.2. The number of hydrogen-bond donors (Lipinski definition) is 3. The van der Waals surface area contributed by atoms with Gasteiger partial charge in [0, 0.05) is 18.5 Å². The molecule has 1 aliphatic rings. The Morgan fingerprint density at radius 3 is 2.46 bits per heavy atom. The maximum Gasteiger partial charge on any atom is 0.223 e. The summed E-state index contributed by atoms with van der Waals surface area (Å²) in [5.41, 5.74) is 8.09. The van der Waals surface area contributed by atoms with Crippen LogP contribution in [0.3, 0.4) is 0 Å². The summed E-state index contributed by atoms with van der Waals surface area (Å²) in [6, 6.07) is 8.09. The number of rotatable bonds is 4. The number of carbonyl (C=O) groups is 1. The first kappa shape index (κ1) is 20.9. The number of halogens is 1. The summed E-state index contributed by atoms with van der Waals surface area (Å²) in [4.78, 5) is 12.2. The minimum Gasteiger partial charge on any atom is -0.387 e. The standard InChI is InChI=1S/C19H30N2O2.ClH/c1-19(2,3)15-9-7-13(8-10-15)17(22)12-21-18(23)14-5-4-6-16(20)11-14;/h7-10,14,16-17,22H,4-6,11-12,20H2,1-3H3,(H,21,23);1H. The number of aliphatic hydroxyl groups is 1. The molecule has 0 aromatic heterocycles. The van der Waals surface area contributed by atoms with Gasteiger partial charge in [-0.05, 0) is 35.8 Å². The van der Waals surface area contributed by atoms with Crippen molar-refractivity contribution >= 4 is 18.3 Å². The van der Waals surface area contributed by atoms with Crippen LogP contribution >= 0.6 is 12.4 Å². The summed E-state index contributed by atoms with van der Waals surface area (Å²) in [6.07, 6.45) is 2.99. The van der Waals surface area contributed by atoms with Gasteiger partial charge in [0.15, 0.2) is 0 Å². The third kappa shape index (κ3) is 5.76. The normalized spacial score (nSPS) is 22.4.